The van der Waals surface area contributed by atoms with Gasteiger partial charge in [0.25, 0.3) is 0 Å². The number of aryl methyl sites for hydroxylation is 1. The lowest BCUT2D eigenvalue weighted by Gasteiger charge is -2.30. The normalized spacial score (nSPS) is 20.8. The average Bonchev–Trinajstić information content (AvgIpc) is 3.45. The molecule has 46 heavy (non-hydrogen) atoms. The average molecular weight is 637 g/mol. The SMILES string of the molecule is O=C(NCC(F)(F)F)[C@@H]1Cc2cccc(c2)Oc2cccc(c2)C[C@H](N2CCCC2=O)C(=O)N[C@@H](CCc2ccccc2)C(=O)N1. The summed E-state index contributed by atoms with van der Waals surface area (Å²) in [6, 6.07) is 19.6. The highest BCUT2D eigenvalue weighted by Crippen LogP contribution is 2.26. The molecule has 0 spiro atoms. The number of fused-ring (bicyclic) bond motifs is 4. The summed E-state index contributed by atoms with van der Waals surface area (Å²) < 4.78 is 45.1. The van der Waals surface area contributed by atoms with Crippen molar-refractivity contribution in [3.63, 3.8) is 0 Å². The van der Waals surface area contributed by atoms with E-state index in [9.17, 15) is 32.3 Å². The zero-order valence-corrected chi connectivity index (χ0v) is 25.0. The van der Waals surface area contributed by atoms with Crippen molar-refractivity contribution in [3.05, 3.63) is 95.6 Å². The van der Waals surface area contributed by atoms with Crippen LogP contribution in [0.4, 0.5) is 13.2 Å². The molecule has 3 atom stereocenters. The Kier molecular flexibility index (Phi) is 10.2. The smallest absolute Gasteiger partial charge is 0.405 e. The van der Waals surface area contributed by atoms with Crippen molar-refractivity contribution in [1.82, 2.24) is 20.9 Å². The highest BCUT2D eigenvalue weighted by molar-refractivity contribution is 5.94. The first kappa shape index (κ1) is 32.5. The molecule has 0 aliphatic carbocycles. The molecule has 0 aromatic heterocycles. The van der Waals surface area contributed by atoms with E-state index in [2.05, 4.69) is 10.6 Å². The van der Waals surface area contributed by atoms with Gasteiger partial charge in [-0.15, -0.1) is 0 Å². The Bertz CT molecular complexity index is 1570. The molecular weight excluding hydrogens is 601 g/mol. The summed E-state index contributed by atoms with van der Waals surface area (Å²) in [6.45, 7) is -1.19. The topological polar surface area (TPSA) is 117 Å². The van der Waals surface area contributed by atoms with E-state index in [1.807, 2.05) is 41.7 Å². The van der Waals surface area contributed by atoms with Gasteiger partial charge in [0.05, 0.1) is 0 Å². The standard InChI is InChI=1S/C34H35F3N4O5/c35-34(36,37)21-38-31(43)28-19-23-9-4-11-25(17-23)46-26-12-5-10-24(18-26)20-29(41-16-6-13-30(41)42)33(45)39-27(32(44)40-28)15-14-22-7-2-1-3-8-22/h1-5,7-12,17-18,27-29H,6,13-16,19-21H2,(H,38,43)(H,39,45)(H,40,44)/t27-,28-,29-/m0/s1. The predicted octanol–water partition coefficient (Wildman–Crippen LogP) is 3.85. The molecule has 12 heteroatoms. The third kappa shape index (κ3) is 8.86. The Morgan fingerprint density at radius 3 is 2.17 bits per heavy atom. The number of carbonyl (C=O) groups excluding carboxylic acids is 4. The van der Waals surface area contributed by atoms with E-state index in [1.54, 1.807) is 42.5 Å². The number of halogens is 3. The molecule has 9 nitrogen and oxygen atoms in total. The number of nitrogens with one attached hydrogen (secondary N) is 3. The summed E-state index contributed by atoms with van der Waals surface area (Å²) in [7, 11) is 0. The number of likely N-dealkylation sites (tertiary alicyclic amines) is 1. The van der Waals surface area contributed by atoms with E-state index < -0.39 is 48.6 Å². The third-order valence-corrected chi connectivity index (χ3v) is 7.98. The first-order valence-electron chi connectivity index (χ1n) is 15.2. The van der Waals surface area contributed by atoms with Gasteiger partial charge in [-0.25, -0.2) is 0 Å². The lowest BCUT2D eigenvalue weighted by molar-refractivity contribution is -0.141. The van der Waals surface area contributed by atoms with E-state index in [4.69, 9.17) is 4.74 Å². The first-order chi connectivity index (χ1) is 22.0. The molecule has 0 unspecified atom stereocenters. The van der Waals surface area contributed by atoms with Crippen LogP contribution in [0.3, 0.4) is 0 Å². The molecule has 4 amide bonds. The fraction of sp³-hybridized carbons (Fsp3) is 0.353. The van der Waals surface area contributed by atoms with Crippen LogP contribution in [0, 0.1) is 0 Å². The van der Waals surface area contributed by atoms with Crippen molar-refractivity contribution in [2.45, 2.75) is 62.8 Å². The molecule has 1 fully saturated rings. The van der Waals surface area contributed by atoms with Crippen molar-refractivity contribution in [3.8, 4) is 11.5 Å². The van der Waals surface area contributed by atoms with E-state index in [1.165, 1.54) is 4.90 Å². The van der Waals surface area contributed by atoms with Crippen molar-refractivity contribution in [2.24, 2.45) is 0 Å². The third-order valence-electron chi connectivity index (χ3n) is 7.98. The number of benzene rings is 3. The minimum atomic E-state index is -4.66. The van der Waals surface area contributed by atoms with Gasteiger partial charge in [-0.05, 0) is 60.2 Å². The second-order valence-electron chi connectivity index (χ2n) is 11.5. The van der Waals surface area contributed by atoms with E-state index in [0.717, 1.165) is 11.1 Å². The maximum atomic E-state index is 13.9. The van der Waals surface area contributed by atoms with Crippen LogP contribution in [-0.4, -0.2) is 65.9 Å². The Labute approximate surface area is 264 Å². The maximum absolute atomic E-state index is 13.9. The molecule has 3 aromatic carbocycles. The molecule has 0 radical (unpaired) electrons. The van der Waals surface area contributed by atoms with Gasteiger partial charge in [-0.1, -0.05) is 54.6 Å². The molecule has 2 heterocycles. The molecule has 3 N–H and O–H groups in total. The number of carbonyl (C=O) groups is 4. The summed E-state index contributed by atoms with van der Waals surface area (Å²) in [5.41, 5.74) is 2.18. The monoisotopic (exact) mass is 636 g/mol. The molecule has 3 aromatic rings. The molecule has 0 saturated carbocycles. The highest BCUT2D eigenvalue weighted by Gasteiger charge is 2.36. The van der Waals surface area contributed by atoms with Crippen molar-refractivity contribution < 1.29 is 37.1 Å². The number of ether oxygens (including phenoxy) is 1. The van der Waals surface area contributed by atoms with Crippen LogP contribution in [-0.2, 0) is 38.4 Å². The molecule has 1 saturated heterocycles. The largest absolute Gasteiger partial charge is 0.457 e. The molecular formula is C34H35F3N4O5. The Morgan fingerprint density at radius 1 is 0.870 bits per heavy atom. The van der Waals surface area contributed by atoms with Crippen LogP contribution in [0.1, 0.15) is 36.0 Å². The maximum Gasteiger partial charge on any atom is 0.405 e. The Morgan fingerprint density at radius 2 is 1.54 bits per heavy atom. The van der Waals surface area contributed by atoms with Gasteiger partial charge < -0.3 is 25.6 Å². The van der Waals surface area contributed by atoms with Gasteiger partial charge in [-0.3, -0.25) is 19.2 Å². The second kappa shape index (κ2) is 14.5. The Hall–Kier alpha value is -4.87. The van der Waals surface area contributed by atoms with Crippen LogP contribution in [0.15, 0.2) is 78.9 Å². The highest BCUT2D eigenvalue weighted by atomic mass is 19.4. The van der Waals surface area contributed by atoms with E-state index >= 15 is 0 Å². The van der Waals surface area contributed by atoms with Gasteiger partial charge >= 0.3 is 6.18 Å². The number of hydrogen-bond donors (Lipinski definition) is 3. The molecule has 242 valence electrons. The van der Waals surface area contributed by atoms with Crippen LogP contribution in [0.2, 0.25) is 0 Å². The molecule has 4 bridgehead atoms. The molecule has 2 aliphatic heterocycles. The summed E-state index contributed by atoms with van der Waals surface area (Å²) in [6.07, 6.45) is -3.22. The summed E-state index contributed by atoms with van der Waals surface area (Å²) in [5, 5.41) is 7.27. The van der Waals surface area contributed by atoms with Gasteiger partial charge in [0, 0.05) is 25.8 Å². The summed E-state index contributed by atoms with van der Waals surface area (Å²) in [5.74, 6) is -1.60. The fourth-order valence-corrected chi connectivity index (χ4v) is 5.69. The van der Waals surface area contributed by atoms with Gasteiger partial charge in [-0.2, -0.15) is 13.2 Å². The fourth-order valence-electron chi connectivity index (χ4n) is 5.69. The van der Waals surface area contributed by atoms with Gasteiger partial charge in [0.15, 0.2) is 0 Å². The van der Waals surface area contributed by atoms with E-state index in [-0.39, 0.29) is 25.2 Å². The van der Waals surface area contributed by atoms with Crippen LogP contribution in [0.5, 0.6) is 11.5 Å². The zero-order chi connectivity index (χ0) is 32.7. The lowest BCUT2D eigenvalue weighted by atomic mass is 10.00. The number of hydrogen-bond acceptors (Lipinski definition) is 5. The minimum Gasteiger partial charge on any atom is -0.457 e. The van der Waals surface area contributed by atoms with Gasteiger partial charge in [0.1, 0.15) is 36.2 Å². The van der Waals surface area contributed by atoms with Crippen molar-refractivity contribution in [2.75, 3.05) is 13.1 Å². The molecule has 2 aliphatic rings. The first-order valence-corrected chi connectivity index (χ1v) is 15.2. The second-order valence-corrected chi connectivity index (χ2v) is 11.5. The molecule has 5 rings (SSSR count). The van der Waals surface area contributed by atoms with Crippen molar-refractivity contribution >= 4 is 23.6 Å². The minimum absolute atomic E-state index is 0.137. The van der Waals surface area contributed by atoms with Crippen molar-refractivity contribution in [1.29, 1.82) is 0 Å². The van der Waals surface area contributed by atoms with E-state index in [0.29, 0.717) is 42.9 Å². The number of amides is 4. The lowest BCUT2D eigenvalue weighted by Crippen LogP contribution is -2.58. The Balaban J connectivity index is 1.51. The van der Waals surface area contributed by atoms with Crippen LogP contribution >= 0.6 is 0 Å². The summed E-state index contributed by atoms with van der Waals surface area (Å²) >= 11 is 0. The zero-order valence-electron chi connectivity index (χ0n) is 25.0. The predicted molar refractivity (Wildman–Crippen MR) is 163 cm³/mol. The summed E-state index contributed by atoms with van der Waals surface area (Å²) in [4.78, 5) is 55.2. The number of nitrogens with zero attached hydrogens (tertiary/aromatic N) is 1. The van der Waals surface area contributed by atoms with Gasteiger partial charge in [0.2, 0.25) is 23.6 Å². The quantitative estimate of drug-likeness (QED) is 0.380. The van der Waals surface area contributed by atoms with Crippen LogP contribution < -0.4 is 20.7 Å². The number of alkyl halides is 3. The van der Waals surface area contributed by atoms with Crippen LogP contribution in [0.25, 0.3) is 0 Å². The number of rotatable bonds is 6.